The second-order valence-corrected chi connectivity index (χ2v) is 11.1. The Morgan fingerprint density at radius 2 is 2.08 bits per heavy atom. The molecule has 13 nitrogen and oxygen atoms in total. The second kappa shape index (κ2) is 10.5. The molecule has 5 heterocycles. The number of nitrogens with zero attached hydrogens (tertiary/aromatic N) is 4. The topological polar surface area (TPSA) is 181 Å². The summed E-state index contributed by atoms with van der Waals surface area (Å²) in [7, 11) is 0. The first kappa shape index (κ1) is 27.0. The smallest absolute Gasteiger partial charge is 0.352 e. The van der Waals surface area contributed by atoms with Crippen LogP contribution in [0.4, 0.5) is 0 Å². The van der Waals surface area contributed by atoms with E-state index in [1.54, 1.807) is 6.08 Å². The Morgan fingerprint density at radius 1 is 1.29 bits per heavy atom. The summed E-state index contributed by atoms with van der Waals surface area (Å²) in [5, 5.41) is 12.3. The molecule has 3 amide bonds. The van der Waals surface area contributed by atoms with Crippen molar-refractivity contribution in [3.8, 4) is 0 Å². The summed E-state index contributed by atoms with van der Waals surface area (Å²) in [6.07, 6.45) is 5.58. The zero-order chi connectivity index (χ0) is 25.8. The van der Waals surface area contributed by atoms with E-state index in [9.17, 15) is 29.1 Å². The quantitative estimate of drug-likeness (QED) is 0.111. The molecule has 1 radical (unpaired) electrons. The largest absolute Gasteiger partial charge is 0.477 e. The van der Waals surface area contributed by atoms with Crippen molar-refractivity contribution >= 4 is 87.9 Å². The van der Waals surface area contributed by atoms with Crippen molar-refractivity contribution in [2.45, 2.75) is 41.7 Å². The molecule has 4 aliphatic rings. The van der Waals surface area contributed by atoms with Crippen molar-refractivity contribution in [1.29, 1.82) is 0 Å². The van der Waals surface area contributed by atoms with E-state index >= 15 is 0 Å². The summed E-state index contributed by atoms with van der Waals surface area (Å²) in [5.74, 6) is -2.10. The Morgan fingerprint density at radius 3 is 2.82 bits per heavy atom. The van der Waals surface area contributed by atoms with Gasteiger partial charge in [-0.1, -0.05) is 11.8 Å². The van der Waals surface area contributed by atoms with E-state index in [1.807, 2.05) is 4.90 Å². The first-order chi connectivity index (χ1) is 17.8. The molecule has 2 saturated heterocycles. The van der Waals surface area contributed by atoms with Crippen molar-refractivity contribution < 1.29 is 24.3 Å². The van der Waals surface area contributed by atoms with Gasteiger partial charge in [-0.25, -0.2) is 14.6 Å². The van der Waals surface area contributed by atoms with Gasteiger partial charge < -0.3 is 20.3 Å². The van der Waals surface area contributed by atoms with E-state index in [1.165, 1.54) is 23.0 Å². The van der Waals surface area contributed by atoms with Crippen LogP contribution >= 0.6 is 23.5 Å². The number of carboxylic acids is 1. The van der Waals surface area contributed by atoms with Crippen LogP contribution in [0.2, 0.25) is 0 Å². The van der Waals surface area contributed by atoms with Crippen LogP contribution in [-0.4, -0.2) is 124 Å². The van der Waals surface area contributed by atoms with Gasteiger partial charge >= 0.3 is 11.7 Å². The molecule has 6 rings (SSSR count). The van der Waals surface area contributed by atoms with Gasteiger partial charge in [0.15, 0.2) is 5.65 Å². The Hall–Kier alpha value is -2.59. The molecule has 1 aliphatic carbocycles. The number of imidazole rings is 1. The number of β-lactam (4-membered cyclic amide) rings is 1. The first-order valence-electron chi connectivity index (χ1n) is 11.6. The third kappa shape index (κ3) is 4.81. The number of H-pyrrole nitrogens is 2. The number of thioether (sulfide) groups is 2. The van der Waals surface area contributed by atoms with Gasteiger partial charge in [-0.05, 0) is 30.9 Å². The Balaban J connectivity index is 0.00000294. The number of carbonyl (C=O) groups is 4. The molecule has 2 atom stereocenters. The molecule has 3 aliphatic heterocycles. The third-order valence-electron chi connectivity index (χ3n) is 6.63. The van der Waals surface area contributed by atoms with Crippen molar-refractivity contribution in [3.05, 3.63) is 39.7 Å². The Labute approximate surface area is 245 Å². The van der Waals surface area contributed by atoms with Gasteiger partial charge in [0.2, 0.25) is 11.8 Å². The predicted octanol–water partition coefficient (Wildman–Crippen LogP) is -0.583. The first-order valence-corrected chi connectivity index (χ1v) is 13.6. The number of allylic oxidation sites excluding steroid dienone is 1. The van der Waals surface area contributed by atoms with Gasteiger partial charge in [-0.3, -0.25) is 24.3 Å². The van der Waals surface area contributed by atoms with Crippen LogP contribution in [-0.2, 0) is 19.2 Å². The molecule has 0 unspecified atom stereocenters. The molecule has 0 bridgehead atoms. The third-order valence-corrected chi connectivity index (χ3v) is 8.91. The van der Waals surface area contributed by atoms with Crippen LogP contribution in [0.3, 0.4) is 0 Å². The second-order valence-electron chi connectivity index (χ2n) is 9.05. The summed E-state index contributed by atoms with van der Waals surface area (Å²) in [4.78, 5) is 78.2. The average molecular weight is 567 g/mol. The number of hydrogen-bond donors (Lipinski definition) is 4. The maximum absolute atomic E-state index is 12.9. The number of aliphatic carboxylic acids is 1. The van der Waals surface area contributed by atoms with E-state index in [-0.39, 0.29) is 46.9 Å². The number of aromatic nitrogens is 4. The van der Waals surface area contributed by atoms with Crippen LogP contribution in [0.25, 0.3) is 11.2 Å². The minimum absolute atomic E-state index is 0. The summed E-state index contributed by atoms with van der Waals surface area (Å²) in [5.41, 5.74) is 1.06. The van der Waals surface area contributed by atoms with Crippen molar-refractivity contribution in [1.82, 2.24) is 35.1 Å². The van der Waals surface area contributed by atoms with E-state index in [2.05, 4.69) is 25.3 Å². The van der Waals surface area contributed by atoms with Crippen molar-refractivity contribution in [2.24, 2.45) is 0 Å². The molecule has 1 saturated carbocycles. The predicted molar refractivity (Wildman–Crippen MR) is 138 cm³/mol. The fraction of sp³-hybridized carbons (Fsp3) is 0.409. The minimum atomic E-state index is -1.25. The van der Waals surface area contributed by atoms with Gasteiger partial charge in [0.25, 0.3) is 5.91 Å². The molecular weight excluding hydrogens is 545 g/mol. The molecule has 4 N–H and O–H groups in total. The number of hydrogen-bond acceptors (Lipinski definition) is 9. The molecule has 2 aromatic rings. The standard InChI is InChI=1S/C22H21N7O6S2.Na/c30-12(7-36-17-13-16(24-8-23-13)26-22(35)27-17)25-14-19(32)29-15(21(33)34)10(6-37-20(14)29)5-9-3-4-28(18(9)31)11-1-2-11;/h5,8,11,14,20H,1-4,6-7H2,(H,25,30)(H,33,34)(H2,23,24,26,27,35);/t14-,20-;/m1./s1. The van der Waals surface area contributed by atoms with Gasteiger partial charge in [-0.2, -0.15) is 4.98 Å². The minimum Gasteiger partial charge on any atom is -0.477 e. The summed E-state index contributed by atoms with van der Waals surface area (Å²) < 4.78 is 0. The fourth-order valence-corrected chi connectivity index (χ4v) is 6.85. The molecular formula is C22H21N7NaO6S2. The molecule has 0 aromatic carbocycles. The Bertz CT molecular complexity index is 1480. The number of amides is 3. The number of likely N-dealkylation sites (tertiary alicyclic amines) is 1. The normalized spacial score (nSPS) is 23.9. The fourth-order valence-electron chi connectivity index (χ4n) is 4.75. The average Bonchev–Trinajstić information content (AvgIpc) is 3.49. The van der Waals surface area contributed by atoms with Gasteiger partial charge in [0.05, 0.1) is 12.1 Å². The van der Waals surface area contributed by atoms with Crippen LogP contribution in [0.1, 0.15) is 19.3 Å². The number of carbonyl (C=O) groups excluding carboxylic acids is 3. The Kier molecular flexibility index (Phi) is 7.48. The zero-order valence-electron chi connectivity index (χ0n) is 20.2. The molecule has 2 aromatic heterocycles. The molecule has 193 valence electrons. The van der Waals surface area contributed by atoms with Crippen LogP contribution in [0, 0.1) is 0 Å². The summed E-state index contributed by atoms with van der Waals surface area (Å²) in [6.45, 7) is 0.633. The maximum atomic E-state index is 12.9. The summed E-state index contributed by atoms with van der Waals surface area (Å²) >= 11 is 2.36. The van der Waals surface area contributed by atoms with E-state index in [0.29, 0.717) is 52.1 Å². The monoisotopic (exact) mass is 566 g/mol. The van der Waals surface area contributed by atoms with Crippen LogP contribution in [0.5, 0.6) is 0 Å². The number of rotatable bonds is 7. The van der Waals surface area contributed by atoms with Crippen molar-refractivity contribution in [3.63, 3.8) is 0 Å². The molecule has 38 heavy (non-hydrogen) atoms. The molecule has 3 fully saturated rings. The zero-order valence-corrected chi connectivity index (χ0v) is 23.9. The SMILES string of the molecule is O=C(CSc1nc(=O)[nH]c2nc[nH]c12)N[C@@H]1C(=O)N2C(C(=O)O)=C(C=C3CCN(C4CC4)C3=O)CS[C@H]12.[Na]. The molecule has 0 spiro atoms. The molecule has 16 heteroatoms. The van der Waals surface area contributed by atoms with Gasteiger partial charge in [-0.15, -0.1) is 11.8 Å². The number of aromatic amines is 2. The number of fused-ring (bicyclic) bond motifs is 2. The van der Waals surface area contributed by atoms with Crippen molar-refractivity contribution in [2.75, 3.05) is 18.1 Å². The number of nitrogens with one attached hydrogen (secondary N) is 3. The van der Waals surface area contributed by atoms with Crippen LogP contribution in [0.15, 0.2) is 39.1 Å². The van der Waals surface area contributed by atoms with E-state index < -0.39 is 34.9 Å². The number of carboxylic acid groups (broad SMARTS) is 1. The van der Waals surface area contributed by atoms with Gasteiger partial charge in [0, 0.05) is 53.5 Å². The van der Waals surface area contributed by atoms with E-state index in [4.69, 9.17) is 0 Å². The van der Waals surface area contributed by atoms with E-state index in [0.717, 1.165) is 24.6 Å². The summed E-state index contributed by atoms with van der Waals surface area (Å²) in [6, 6.07) is -0.584. The maximum Gasteiger partial charge on any atom is 0.352 e. The van der Waals surface area contributed by atoms with Gasteiger partial charge in [0.1, 0.15) is 27.7 Å². The van der Waals surface area contributed by atoms with Crippen LogP contribution < -0.4 is 11.0 Å².